The lowest BCUT2D eigenvalue weighted by Crippen LogP contribution is -2.18. The number of hydrogen-bond donors (Lipinski definition) is 0. The Bertz CT molecular complexity index is 510. The summed E-state index contributed by atoms with van der Waals surface area (Å²) in [7, 11) is 0. The fraction of sp³-hybridized carbons (Fsp3) is 0.385. The van der Waals surface area contributed by atoms with Crippen LogP contribution >= 0.6 is 15.9 Å². The summed E-state index contributed by atoms with van der Waals surface area (Å²) in [6, 6.07) is 3.50. The molecule has 1 aromatic rings. The van der Waals surface area contributed by atoms with Gasteiger partial charge in [0.1, 0.15) is 11.9 Å². The van der Waals surface area contributed by atoms with E-state index in [1.165, 1.54) is 0 Å². The van der Waals surface area contributed by atoms with E-state index in [1.807, 2.05) is 13.0 Å². The molecule has 0 bridgehead atoms. The molecule has 0 amide bonds. The predicted molar refractivity (Wildman–Crippen MR) is 68.9 cm³/mol. The number of halogens is 1. The molecule has 1 aliphatic heterocycles. The maximum atomic E-state index is 12.0. The summed E-state index contributed by atoms with van der Waals surface area (Å²) in [5, 5.41) is 0. The zero-order valence-corrected chi connectivity index (χ0v) is 11.7. The number of ether oxygens (including phenoxy) is 2. The van der Waals surface area contributed by atoms with Crippen molar-refractivity contribution in [2.75, 3.05) is 6.61 Å². The van der Waals surface area contributed by atoms with E-state index in [2.05, 4.69) is 15.9 Å². The van der Waals surface area contributed by atoms with Gasteiger partial charge >= 0.3 is 5.97 Å². The minimum atomic E-state index is -0.846. The van der Waals surface area contributed by atoms with Crippen molar-refractivity contribution in [3.05, 3.63) is 27.7 Å². The predicted octanol–water partition coefficient (Wildman–Crippen LogP) is 2.52. The van der Waals surface area contributed by atoms with Crippen molar-refractivity contribution in [1.29, 1.82) is 0 Å². The molecule has 1 unspecified atom stereocenters. The summed E-state index contributed by atoms with van der Waals surface area (Å²) in [4.78, 5) is 23.5. The molecule has 0 saturated carbocycles. The van der Waals surface area contributed by atoms with Gasteiger partial charge in [0.25, 0.3) is 5.78 Å². The Hall–Kier alpha value is -1.36. The second-order valence-corrected chi connectivity index (χ2v) is 5.04. The Labute approximate surface area is 113 Å². The molecule has 5 heteroatoms. The summed E-state index contributed by atoms with van der Waals surface area (Å²) in [5.74, 6) is -1.01. The molecule has 1 aromatic carbocycles. The number of carbonyl (C=O) groups is 2. The molecule has 4 nitrogen and oxygen atoms in total. The number of hydrogen-bond acceptors (Lipinski definition) is 4. The lowest BCUT2D eigenvalue weighted by atomic mass is 10.0. The molecular formula is C13H13BrO4. The summed E-state index contributed by atoms with van der Waals surface area (Å²) in [5.41, 5.74) is 1.20. The molecular weight excluding hydrogens is 300 g/mol. The highest BCUT2D eigenvalue weighted by atomic mass is 79.9. The van der Waals surface area contributed by atoms with Gasteiger partial charge in [-0.3, -0.25) is 4.79 Å². The van der Waals surface area contributed by atoms with Crippen molar-refractivity contribution in [2.45, 2.75) is 26.4 Å². The topological polar surface area (TPSA) is 52.6 Å². The zero-order valence-electron chi connectivity index (χ0n) is 10.2. The Morgan fingerprint density at radius 3 is 2.89 bits per heavy atom. The van der Waals surface area contributed by atoms with E-state index in [1.54, 1.807) is 13.0 Å². The van der Waals surface area contributed by atoms with E-state index < -0.39 is 11.8 Å². The van der Waals surface area contributed by atoms with Gasteiger partial charge < -0.3 is 9.47 Å². The number of ketones is 1. The van der Waals surface area contributed by atoms with Crippen molar-refractivity contribution >= 4 is 27.7 Å². The molecule has 1 aliphatic rings. The molecule has 0 radical (unpaired) electrons. The molecule has 0 fully saturated rings. The van der Waals surface area contributed by atoms with Crippen molar-refractivity contribution in [3.63, 3.8) is 0 Å². The van der Waals surface area contributed by atoms with Crippen molar-refractivity contribution in [3.8, 4) is 5.75 Å². The second-order valence-electron chi connectivity index (χ2n) is 4.12. The maximum Gasteiger partial charge on any atom is 0.379 e. The molecule has 0 aromatic heterocycles. The van der Waals surface area contributed by atoms with Crippen LogP contribution in [-0.4, -0.2) is 24.5 Å². The third kappa shape index (κ3) is 2.41. The molecule has 18 heavy (non-hydrogen) atoms. The lowest BCUT2D eigenvalue weighted by molar-refractivity contribution is -0.137. The Balaban J connectivity index is 2.40. The van der Waals surface area contributed by atoms with Gasteiger partial charge in [-0.2, -0.15) is 0 Å². The smallest absolute Gasteiger partial charge is 0.379 e. The molecule has 1 heterocycles. The van der Waals surface area contributed by atoms with Gasteiger partial charge in [0.2, 0.25) is 0 Å². The number of Topliss-reactive ketones (excluding diaryl/α,β-unsaturated/α-hetero) is 1. The van der Waals surface area contributed by atoms with Gasteiger partial charge in [-0.25, -0.2) is 4.79 Å². The van der Waals surface area contributed by atoms with Crippen LogP contribution < -0.4 is 4.74 Å². The Kier molecular flexibility index (Phi) is 3.71. The quantitative estimate of drug-likeness (QED) is 0.489. The number of benzene rings is 1. The van der Waals surface area contributed by atoms with E-state index in [0.29, 0.717) is 5.75 Å². The van der Waals surface area contributed by atoms with Crippen LogP contribution in [0.25, 0.3) is 0 Å². The SMILES string of the molecule is CCOC(=O)C(=O)c1cc(Br)cc2c1OC(C)C2. The van der Waals surface area contributed by atoms with Gasteiger partial charge in [-0.05, 0) is 31.5 Å². The van der Waals surface area contributed by atoms with Crippen LogP contribution in [0.3, 0.4) is 0 Å². The van der Waals surface area contributed by atoms with E-state index in [-0.39, 0.29) is 18.3 Å². The minimum Gasteiger partial charge on any atom is -0.489 e. The first-order valence-corrected chi connectivity index (χ1v) is 6.52. The maximum absolute atomic E-state index is 12.0. The van der Waals surface area contributed by atoms with Crippen molar-refractivity contribution in [1.82, 2.24) is 0 Å². The molecule has 0 aliphatic carbocycles. The molecule has 0 spiro atoms. The number of carbonyl (C=O) groups excluding carboxylic acids is 2. The van der Waals surface area contributed by atoms with Gasteiger partial charge in [0, 0.05) is 10.9 Å². The monoisotopic (exact) mass is 312 g/mol. The van der Waals surface area contributed by atoms with Gasteiger partial charge in [0.05, 0.1) is 12.2 Å². The minimum absolute atomic E-state index is 0.0167. The fourth-order valence-corrected chi connectivity index (χ4v) is 2.47. The van der Waals surface area contributed by atoms with Crippen molar-refractivity contribution in [2.24, 2.45) is 0 Å². The van der Waals surface area contributed by atoms with E-state index in [4.69, 9.17) is 9.47 Å². The summed E-state index contributed by atoms with van der Waals surface area (Å²) < 4.78 is 11.1. The second kappa shape index (κ2) is 5.10. The largest absolute Gasteiger partial charge is 0.489 e. The van der Waals surface area contributed by atoms with E-state index in [0.717, 1.165) is 16.5 Å². The average Bonchev–Trinajstić information content (AvgIpc) is 2.67. The lowest BCUT2D eigenvalue weighted by Gasteiger charge is -2.08. The molecule has 0 saturated heterocycles. The summed E-state index contributed by atoms with van der Waals surface area (Å²) in [6.07, 6.45) is 0.751. The van der Waals surface area contributed by atoms with Crippen LogP contribution in [0.4, 0.5) is 0 Å². The number of fused-ring (bicyclic) bond motifs is 1. The Morgan fingerprint density at radius 1 is 1.50 bits per heavy atom. The zero-order chi connectivity index (χ0) is 13.3. The Morgan fingerprint density at radius 2 is 2.22 bits per heavy atom. The van der Waals surface area contributed by atoms with E-state index >= 15 is 0 Å². The van der Waals surface area contributed by atoms with Crippen molar-refractivity contribution < 1.29 is 19.1 Å². The van der Waals surface area contributed by atoms with Gasteiger partial charge in [0.15, 0.2) is 0 Å². The highest BCUT2D eigenvalue weighted by Crippen LogP contribution is 2.35. The summed E-state index contributed by atoms with van der Waals surface area (Å²) in [6.45, 7) is 3.76. The third-order valence-corrected chi connectivity index (χ3v) is 3.12. The van der Waals surface area contributed by atoms with Crippen LogP contribution in [0.2, 0.25) is 0 Å². The van der Waals surface area contributed by atoms with Crippen LogP contribution in [0.15, 0.2) is 16.6 Å². The molecule has 96 valence electrons. The van der Waals surface area contributed by atoms with Crippen LogP contribution in [0.1, 0.15) is 29.8 Å². The first-order valence-electron chi connectivity index (χ1n) is 5.73. The number of rotatable bonds is 3. The van der Waals surface area contributed by atoms with Crippen LogP contribution in [0.5, 0.6) is 5.75 Å². The highest BCUT2D eigenvalue weighted by Gasteiger charge is 2.29. The molecule has 0 N–H and O–H groups in total. The average molecular weight is 313 g/mol. The third-order valence-electron chi connectivity index (χ3n) is 2.66. The van der Waals surface area contributed by atoms with Gasteiger partial charge in [-0.1, -0.05) is 15.9 Å². The standard InChI is InChI=1S/C13H13BrO4/c1-3-17-13(16)11(15)10-6-9(14)5-8-4-7(2)18-12(8)10/h5-7H,3-4H2,1-2H3. The van der Waals surface area contributed by atoms with Crippen LogP contribution in [-0.2, 0) is 16.0 Å². The molecule has 2 rings (SSSR count). The molecule has 1 atom stereocenters. The first-order chi connectivity index (χ1) is 8.52. The first kappa shape index (κ1) is 13.1. The van der Waals surface area contributed by atoms with Gasteiger partial charge in [-0.15, -0.1) is 0 Å². The van der Waals surface area contributed by atoms with Crippen LogP contribution in [0, 0.1) is 0 Å². The number of esters is 1. The highest BCUT2D eigenvalue weighted by molar-refractivity contribution is 9.10. The van der Waals surface area contributed by atoms with E-state index in [9.17, 15) is 9.59 Å². The summed E-state index contributed by atoms with van der Waals surface area (Å²) >= 11 is 3.33. The normalized spacial score (nSPS) is 16.9. The fourth-order valence-electron chi connectivity index (χ4n) is 1.97.